The summed E-state index contributed by atoms with van der Waals surface area (Å²) >= 11 is 3.34. The molecule has 0 N–H and O–H groups in total. The first-order valence-corrected chi connectivity index (χ1v) is 7.41. The Kier molecular flexibility index (Phi) is 4.54. The minimum absolute atomic E-state index is 0.158. The maximum atomic E-state index is 11.0. The van der Waals surface area contributed by atoms with Crippen molar-refractivity contribution in [1.82, 2.24) is 9.97 Å². The van der Waals surface area contributed by atoms with Crippen molar-refractivity contribution in [2.45, 2.75) is 24.8 Å². The molecule has 96 valence electrons. The third-order valence-electron chi connectivity index (χ3n) is 2.41. The highest BCUT2D eigenvalue weighted by atomic mass is 32.2. The number of ether oxygens (including phenoxy) is 1. The van der Waals surface area contributed by atoms with E-state index >= 15 is 0 Å². The van der Waals surface area contributed by atoms with Crippen LogP contribution in [0.4, 0.5) is 0 Å². The van der Waals surface area contributed by atoms with E-state index in [0.717, 1.165) is 27.4 Å². The number of hydrogen-bond donors (Lipinski definition) is 0. The van der Waals surface area contributed by atoms with E-state index in [9.17, 15) is 4.79 Å². The van der Waals surface area contributed by atoms with Gasteiger partial charge in [0, 0.05) is 22.4 Å². The van der Waals surface area contributed by atoms with Crippen molar-refractivity contribution in [3.05, 3.63) is 17.3 Å². The van der Waals surface area contributed by atoms with E-state index in [2.05, 4.69) is 27.7 Å². The Bertz CT molecular complexity index is 554. The first-order chi connectivity index (χ1) is 8.70. The molecule has 2 heterocycles. The molecule has 0 amide bonds. The fourth-order valence-electron chi connectivity index (χ4n) is 1.56. The van der Waals surface area contributed by atoms with Gasteiger partial charge in [0.15, 0.2) is 0 Å². The molecular formula is C12H14N2O2S2. The summed E-state index contributed by atoms with van der Waals surface area (Å²) < 4.78 is 4.60. The molecular weight excluding hydrogens is 268 g/mol. The summed E-state index contributed by atoms with van der Waals surface area (Å²) in [5.41, 5.74) is 0. The first-order valence-electron chi connectivity index (χ1n) is 5.61. The number of aryl methyl sites for hydroxylation is 1. The van der Waals surface area contributed by atoms with Gasteiger partial charge in [-0.2, -0.15) is 0 Å². The molecule has 0 aliphatic carbocycles. The van der Waals surface area contributed by atoms with Gasteiger partial charge < -0.3 is 4.74 Å². The number of esters is 1. The zero-order valence-electron chi connectivity index (χ0n) is 10.3. The van der Waals surface area contributed by atoms with E-state index in [-0.39, 0.29) is 5.97 Å². The van der Waals surface area contributed by atoms with Crippen LogP contribution in [0.1, 0.15) is 17.7 Å². The molecule has 0 radical (unpaired) electrons. The average molecular weight is 282 g/mol. The van der Waals surface area contributed by atoms with Gasteiger partial charge in [-0.05, 0) is 19.4 Å². The Morgan fingerprint density at radius 3 is 3.11 bits per heavy atom. The van der Waals surface area contributed by atoms with Crippen LogP contribution in [-0.4, -0.2) is 28.8 Å². The third-order valence-corrected chi connectivity index (χ3v) is 4.46. The Labute approximate surface area is 114 Å². The molecule has 2 aromatic heterocycles. The number of thioether (sulfide) groups is 1. The van der Waals surface area contributed by atoms with Crippen molar-refractivity contribution >= 4 is 39.3 Å². The first kappa shape index (κ1) is 13.3. The molecule has 0 aliphatic heterocycles. The second kappa shape index (κ2) is 6.15. The lowest BCUT2D eigenvalue weighted by Crippen LogP contribution is -2.00. The van der Waals surface area contributed by atoms with E-state index in [4.69, 9.17) is 0 Å². The van der Waals surface area contributed by atoms with Gasteiger partial charge in [0.05, 0.1) is 7.11 Å². The highest BCUT2D eigenvalue weighted by molar-refractivity contribution is 7.99. The number of aromatic nitrogens is 2. The lowest BCUT2D eigenvalue weighted by molar-refractivity contribution is -0.140. The van der Waals surface area contributed by atoms with Gasteiger partial charge in [-0.25, -0.2) is 9.97 Å². The standard InChI is InChI=1S/C12H14N2O2S2/c1-8-6-9-11(13-7-14-12(9)18-8)17-5-3-4-10(15)16-2/h6-7H,3-5H2,1-2H3. The molecule has 0 fully saturated rings. The van der Waals surface area contributed by atoms with Gasteiger partial charge in [0.25, 0.3) is 0 Å². The number of fused-ring (bicyclic) bond motifs is 1. The molecule has 2 rings (SSSR count). The summed E-state index contributed by atoms with van der Waals surface area (Å²) in [4.78, 5) is 21.8. The van der Waals surface area contributed by atoms with Crippen LogP contribution >= 0.6 is 23.1 Å². The highest BCUT2D eigenvalue weighted by Crippen LogP contribution is 2.30. The van der Waals surface area contributed by atoms with Crippen molar-refractivity contribution in [2.75, 3.05) is 12.9 Å². The Morgan fingerprint density at radius 1 is 1.50 bits per heavy atom. The number of methoxy groups -OCH3 is 1. The minimum Gasteiger partial charge on any atom is -0.469 e. The Balaban J connectivity index is 1.97. The lowest BCUT2D eigenvalue weighted by Gasteiger charge is -2.01. The molecule has 2 aromatic rings. The van der Waals surface area contributed by atoms with Crippen molar-refractivity contribution in [2.24, 2.45) is 0 Å². The van der Waals surface area contributed by atoms with Gasteiger partial charge >= 0.3 is 5.97 Å². The fraction of sp³-hybridized carbons (Fsp3) is 0.417. The average Bonchev–Trinajstić information content (AvgIpc) is 2.75. The topological polar surface area (TPSA) is 52.1 Å². The van der Waals surface area contributed by atoms with Gasteiger partial charge in [-0.15, -0.1) is 23.1 Å². The van der Waals surface area contributed by atoms with Crippen LogP contribution in [0.5, 0.6) is 0 Å². The molecule has 0 saturated heterocycles. The second-order valence-electron chi connectivity index (χ2n) is 3.78. The van der Waals surface area contributed by atoms with Crippen molar-refractivity contribution < 1.29 is 9.53 Å². The van der Waals surface area contributed by atoms with E-state index in [1.165, 1.54) is 12.0 Å². The Morgan fingerprint density at radius 2 is 2.33 bits per heavy atom. The Hall–Kier alpha value is -1.14. The SMILES string of the molecule is COC(=O)CCCSc1ncnc2sc(C)cc12. The van der Waals surface area contributed by atoms with Crippen LogP contribution in [0.15, 0.2) is 17.4 Å². The van der Waals surface area contributed by atoms with E-state index < -0.39 is 0 Å². The number of carbonyl (C=O) groups excluding carboxylic acids is 1. The predicted molar refractivity (Wildman–Crippen MR) is 74.1 cm³/mol. The van der Waals surface area contributed by atoms with Gasteiger partial charge in [0.2, 0.25) is 0 Å². The number of rotatable bonds is 5. The molecule has 0 spiro atoms. The fourth-order valence-corrected chi connectivity index (χ4v) is 3.38. The van der Waals surface area contributed by atoms with Gasteiger partial charge in [0.1, 0.15) is 16.2 Å². The van der Waals surface area contributed by atoms with Crippen molar-refractivity contribution in [3.63, 3.8) is 0 Å². The zero-order valence-corrected chi connectivity index (χ0v) is 11.9. The van der Waals surface area contributed by atoms with E-state index in [1.54, 1.807) is 29.4 Å². The maximum Gasteiger partial charge on any atom is 0.305 e. The molecule has 0 bridgehead atoms. The lowest BCUT2D eigenvalue weighted by atomic mass is 10.3. The highest BCUT2D eigenvalue weighted by Gasteiger charge is 2.07. The zero-order chi connectivity index (χ0) is 13.0. The maximum absolute atomic E-state index is 11.0. The summed E-state index contributed by atoms with van der Waals surface area (Å²) in [5, 5.41) is 2.11. The quantitative estimate of drug-likeness (QED) is 0.365. The largest absolute Gasteiger partial charge is 0.469 e. The van der Waals surface area contributed by atoms with Crippen LogP contribution in [0.2, 0.25) is 0 Å². The normalized spacial score (nSPS) is 10.8. The van der Waals surface area contributed by atoms with Crippen LogP contribution < -0.4 is 0 Å². The number of carbonyl (C=O) groups is 1. The number of hydrogen-bond acceptors (Lipinski definition) is 6. The van der Waals surface area contributed by atoms with E-state index in [0.29, 0.717) is 6.42 Å². The predicted octanol–water partition coefficient (Wildman–Crippen LogP) is 3.05. The summed E-state index contributed by atoms with van der Waals surface area (Å²) in [6.45, 7) is 2.07. The monoisotopic (exact) mass is 282 g/mol. The van der Waals surface area contributed by atoms with Crippen molar-refractivity contribution in [1.29, 1.82) is 0 Å². The summed E-state index contributed by atoms with van der Waals surface area (Å²) in [5.74, 6) is 0.700. The van der Waals surface area contributed by atoms with Gasteiger partial charge in [-0.3, -0.25) is 4.79 Å². The molecule has 0 aliphatic rings. The third kappa shape index (κ3) is 3.20. The molecule has 4 nitrogen and oxygen atoms in total. The van der Waals surface area contributed by atoms with Gasteiger partial charge in [-0.1, -0.05) is 0 Å². The molecule has 0 saturated carbocycles. The van der Waals surface area contributed by atoms with Crippen LogP contribution in [0, 0.1) is 6.92 Å². The summed E-state index contributed by atoms with van der Waals surface area (Å²) in [6.07, 6.45) is 2.85. The van der Waals surface area contributed by atoms with Crippen LogP contribution in [0.25, 0.3) is 10.2 Å². The van der Waals surface area contributed by atoms with Crippen LogP contribution in [-0.2, 0) is 9.53 Å². The minimum atomic E-state index is -0.158. The number of thiophene rings is 1. The molecule has 0 aromatic carbocycles. The smallest absolute Gasteiger partial charge is 0.305 e. The van der Waals surface area contributed by atoms with E-state index in [1.807, 2.05) is 0 Å². The molecule has 0 atom stereocenters. The number of nitrogens with zero attached hydrogens (tertiary/aromatic N) is 2. The summed E-state index contributed by atoms with van der Waals surface area (Å²) in [7, 11) is 1.41. The molecule has 18 heavy (non-hydrogen) atoms. The van der Waals surface area contributed by atoms with Crippen LogP contribution in [0.3, 0.4) is 0 Å². The summed E-state index contributed by atoms with van der Waals surface area (Å²) in [6, 6.07) is 2.11. The second-order valence-corrected chi connectivity index (χ2v) is 6.10. The van der Waals surface area contributed by atoms with Crippen molar-refractivity contribution in [3.8, 4) is 0 Å². The molecule has 6 heteroatoms. The molecule has 0 unspecified atom stereocenters.